The fourth-order valence-corrected chi connectivity index (χ4v) is 1.23. The Kier molecular flexibility index (Phi) is 2.82. The summed E-state index contributed by atoms with van der Waals surface area (Å²) in [4.78, 5) is 11.4. The van der Waals surface area contributed by atoms with Gasteiger partial charge in [0.2, 0.25) is 5.91 Å². The van der Waals surface area contributed by atoms with Gasteiger partial charge in [0.05, 0.1) is 18.1 Å². The Morgan fingerprint density at radius 3 is 3.20 bits per heavy atom. The molecule has 15 heavy (non-hydrogen) atoms. The average molecular weight is 205 g/mol. The number of nitrogens with zero attached hydrogens (tertiary/aromatic N) is 1. The average Bonchev–Trinajstić information content (AvgIpc) is 2.86. The van der Waals surface area contributed by atoms with Crippen molar-refractivity contribution in [2.24, 2.45) is 0 Å². The van der Waals surface area contributed by atoms with Crippen LogP contribution in [0.2, 0.25) is 0 Å². The molecular formula is C10H11N3O2. The van der Waals surface area contributed by atoms with Gasteiger partial charge < -0.3 is 9.73 Å². The molecule has 0 aliphatic heterocycles. The van der Waals surface area contributed by atoms with Gasteiger partial charge in [-0.2, -0.15) is 5.10 Å². The van der Waals surface area contributed by atoms with Crippen molar-refractivity contribution in [1.82, 2.24) is 10.2 Å². The summed E-state index contributed by atoms with van der Waals surface area (Å²) in [7, 11) is 0. The molecule has 2 aromatic rings. The van der Waals surface area contributed by atoms with Gasteiger partial charge in [-0.1, -0.05) is 0 Å². The SMILES string of the molecule is O=C(CCc1ccco1)Nc1cn[nH]c1. The summed E-state index contributed by atoms with van der Waals surface area (Å²) < 4.78 is 5.12. The van der Waals surface area contributed by atoms with Crippen molar-refractivity contribution in [3.05, 3.63) is 36.5 Å². The van der Waals surface area contributed by atoms with E-state index in [4.69, 9.17) is 4.42 Å². The summed E-state index contributed by atoms with van der Waals surface area (Å²) in [6.45, 7) is 0. The molecule has 0 atom stereocenters. The molecule has 2 aromatic heterocycles. The lowest BCUT2D eigenvalue weighted by Gasteiger charge is -2.00. The number of furan rings is 1. The molecule has 0 aliphatic carbocycles. The Balaban J connectivity index is 1.78. The van der Waals surface area contributed by atoms with Gasteiger partial charge in [0.1, 0.15) is 5.76 Å². The molecule has 1 amide bonds. The van der Waals surface area contributed by atoms with Crippen LogP contribution in [-0.4, -0.2) is 16.1 Å². The molecule has 0 aromatic carbocycles. The molecule has 5 nitrogen and oxygen atoms in total. The lowest BCUT2D eigenvalue weighted by Crippen LogP contribution is -2.11. The number of rotatable bonds is 4. The summed E-state index contributed by atoms with van der Waals surface area (Å²) in [6, 6.07) is 3.66. The van der Waals surface area contributed by atoms with E-state index in [1.165, 1.54) is 0 Å². The van der Waals surface area contributed by atoms with Gasteiger partial charge in [0, 0.05) is 19.0 Å². The molecule has 5 heteroatoms. The van der Waals surface area contributed by atoms with E-state index in [0.29, 0.717) is 18.5 Å². The number of nitrogens with one attached hydrogen (secondary N) is 2. The third-order valence-corrected chi connectivity index (χ3v) is 1.96. The minimum absolute atomic E-state index is 0.0483. The van der Waals surface area contributed by atoms with Crippen LogP contribution in [0.1, 0.15) is 12.2 Å². The molecule has 2 heterocycles. The van der Waals surface area contributed by atoms with E-state index in [1.54, 1.807) is 18.7 Å². The minimum Gasteiger partial charge on any atom is -0.469 e. The van der Waals surface area contributed by atoms with Crippen LogP contribution in [0.15, 0.2) is 35.2 Å². The fraction of sp³-hybridized carbons (Fsp3) is 0.200. The van der Waals surface area contributed by atoms with E-state index in [1.807, 2.05) is 12.1 Å². The standard InChI is InChI=1S/C10H11N3O2/c14-10(13-8-6-11-12-7-8)4-3-9-2-1-5-15-9/h1-2,5-7H,3-4H2,(H,11,12)(H,13,14). The van der Waals surface area contributed by atoms with Gasteiger partial charge in [-0.15, -0.1) is 0 Å². The Labute approximate surface area is 86.5 Å². The molecule has 0 aliphatic rings. The fourth-order valence-electron chi connectivity index (χ4n) is 1.23. The van der Waals surface area contributed by atoms with Crippen LogP contribution < -0.4 is 5.32 Å². The maximum atomic E-state index is 11.4. The Bertz CT molecular complexity index is 406. The van der Waals surface area contributed by atoms with E-state index in [2.05, 4.69) is 15.5 Å². The highest BCUT2D eigenvalue weighted by Crippen LogP contribution is 2.06. The Morgan fingerprint density at radius 1 is 1.60 bits per heavy atom. The van der Waals surface area contributed by atoms with Crippen molar-refractivity contribution in [3.63, 3.8) is 0 Å². The van der Waals surface area contributed by atoms with Crippen molar-refractivity contribution in [1.29, 1.82) is 0 Å². The van der Waals surface area contributed by atoms with Gasteiger partial charge in [-0.3, -0.25) is 9.89 Å². The summed E-state index contributed by atoms with van der Waals surface area (Å²) in [5.74, 6) is 0.769. The van der Waals surface area contributed by atoms with Crippen LogP contribution in [0.5, 0.6) is 0 Å². The smallest absolute Gasteiger partial charge is 0.224 e. The molecule has 0 spiro atoms. The first-order chi connectivity index (χ1) is 7.34. The zero-order valence-electron chi connectivity index (χ0n) is 8.06. The maximum absolute atomic E-state index is 11.4. The normalized spacial score (nSPS) is 10.1. The van der Waals surface area contributed by atoms with Crippen LogP contribution in [0.3, 0.4) is 0 Å². The van der Waals surface area contributed by atoms with Gasteiger partial charge >= 0.3 is 0 Å². The van der Waals surface area contributed by atoms with E-state index in [-0.39, 0.29) is 5.91 Å². The van der Waals surface area contributed by atoms with Gasteiger partial charge in [0.15, 0.2) is 0 Å². The molecule has 0 saturated heterocycles. The molecule has 0 radical (unpaired) electrons. The summed E-state index contributed by atoms with van der Waals surface area (Å²) in [5.41, 5.74) is 0.680. The number of aryl methyl sites for hydroxylation is 1. The highest BCUT2D eigenvalue weighted by molar-refractivity contribution is 5.90. The highest BCUT2D eigenvalue weighted by Gasteiger charge is 2.04. The van der Waals surface area contributed by atoms with Crippen LogP contribution in [0.25, 0.3) is 0 Å². The monoisotopic (exact) mass is 205 g/mol. The van der Waals surface area contributed by atoms with E-state index in [0.717, 1.165) is 5.76 Å². The first-order valence-electron chi connectivity index (χ1n) is 4.65. The number of hydrogen-bond acceptors (Lipinski definition) is 3. The molecule has 0 fully saturated rings. The second-order valence-corrected chi connectivity index (χ2v) is 3.11. The van der Waals surface area contributed by atoms with E-state index in [9.17, 15) is 4.79 Å². The van der Waals surface area contributed by atoms with Gasteiger partial charge in [-0.25, -0.2) is 0 Å². The molecule has 2 N–H and O–H groups in total. The number of aromatic amines is 1. The molecule has 0 saturated carbocycles. The van der Waals surface area contributed by atoms with Crippen LogP contribution >= 0.6 is 0 Å². The van der Waals surface area contributed by atoms with Crippen LogP contribution in [0.4, 0.5) is 5.69 Å². The Hall–Kier alpha value is -2.04. The maximum Gasteiger partial charge on any atom is 0.224 e. The zero-order valence-corrected chi connectivity index (χ0v) is 8.06. The third-order valence-electron chi connectivity index (χ3n) is 1.96. The number of anilines is 1. The molecule has 78 valence electrons. The number of aromatic nitrogens is 2. The third kappa shape index (κ3) is 2.70. The molecule has 2 rings (SSSR count). The van der Waals surface area contributed by atoms with Gasteiger partial charge in [-0.05, 0) is 12.1 Å². The minimum atomic E-state index is -0.0483. The highest BCUT2D eigenvalue weighted by atomic mass is 16.3. The first-order valence-corrected chi connectivity index (χ1v) is 4.65. The number of carbonyl (C=O) groups is 1. The van der Waals surface area contributed by atoms with Crippen LogP contribution in [0, 0.1) is 0 Å². The van der Waals surface area contributed by atoms with Crippen molar-refractivity contribution >= 4 is 11.6 Å². The van der Waals surface area contributed by atoms with E-state index >= 15 is 0 Å². The quantitative estimate of drug-likeness (QED) is 0.795. The van der Waals surface area contributed by atoms with Crippen molar-refractivity contribution < 1.29 is 9.21 Å². The van der Waals surface area contributed by atoms with Crippen molar-refractivity contribution in [3.8, 4) is 0 Å². The molecule has 0 bridgehead atoms. The van der Waals surface area contributed by atoms with Crippen LogP contribution in [-0.2, 0) is 11.2 Å². The lowest BCUT2D eigenvalue weighted by molar-refractivity contribution is -0.116. The lowest BCUT2D eigenvalue weighted by atomic mass is 10.2. The number of carbonyl (C=O) groups excluding carboxylic acids is 1. The second kappa shape index (κ2) is 4.45. The Morgan fingerprint density at radius 2 is 2.53 bits per heavy atom. The van der Waals surface area contributed by atoms with Crippen molar-refractivity contribution in [2.75, 3.05) is 5.32 Å². The topological polar surface area (TPSA) is 70.9 Å². The summed E-state index contributed by atoms with van der Waals surface area (Å²) >= 11 is 0. The number of amides is 1. The first kappa shape index (κ1) is 9.51. The predicted molar refractivity (Wildman–Crippen MR) is 54.2 cm³/mol. The summed E-state index contributed by atoms with van der Waals surface area (Å²) in [5, 5.41) is 9.06. The van der Waals surface area contributed by atoms with Crippen molar-refractivity contribution in [2.45, 2.75) is 12.8 Å². The zero-order chi connectivity index (χ0) is 10.5. The second-order valence-electron chi connectivity index (χ2n) is 3.11. The number of H-pyrrole nitrogens is 1. The van der Waals surface area contributed by atoms with E-state index < -0.39 is 0 Å². The largest absolute Gasteiger partial charge is 0.469 e. The van der Waals surface area contributed by atoms with Gasteiger partial charge in [0.25, 0.3) is 0 Å². The number of hydrogen-bond donors (Lipinski definition) is 2. The molecular weight excluding hydrogens is 194 g/mol. The predicted octanol–water partition coefficient (Wildman–Crippen LogP) is 1.57. The summed E-state index contributed by atoms with van der Waals surface area (Å²) in [6.07, 6.45) is 5.80. The molecule has 0 unspecified atom stereocenters.